The van der Waals surface area contributed by atoms with Crippen LogP contribution in [0.15, 0.2) is 42.5 Å². The van der Waals surface area contributed by atoms with Gasteiger partial charge in [0.15, 0.2) is 5.78 Å². The number of carbonyl (C=O) groups excluding carboxylic acids is 2. The molecule has 0 aromatic heterocycles. The molecule has 7 nitrogen and oxygen atoms in total. The van der Waals surface area contributed by atoms with Crippen molar-refractivity contribution in [3.05, 3.63) is 48.0 Å². The highest BCUT2D eigenvalue weighted by atomic mass is 16.5. The highest BCUT2D eigenvalue weighted by Gasteiger charge is 2.05. The maximum Gasteiger partial charge on any atom is 0.319 e. The molecule has 0 fully saturated rings. The van der Waals surface area contributed by atoms with Gasteiger partial charge in [0.05, 0.1) is 20.8 Å². The van der Waals surface area contributed by atoms with Crippen molar-refractivity contribution in [1.29, 1.82) is 0 Å². The van der Waals surface area contributed by atoms with Gasteiger partial charge in [-0.3, -0.25) is 4.79 Å². The summed E-state index contributed by atoms with van der Waals surface area (Å²) in [5, 5.41) is 5.36. The maximum absolute atomic E-state index is 11.9. The summed E-state index contributed by atoms with van der Waals surface area (Å²) in [4.78, 5) is 23.3. The molecular formula is C19H22N2O5. The predicted molar refractivity (Wildman–Crippen MR) is 98.5 cm³/mol. The summed E-state index contributed by atoms with van der Waals surface area (Å²) >= 11 is 0. The Morgan fingerprint density at radius 2 is 1.62 bits per heavy atom. The fraction of sp³-hybridized carbons (Fsp3) is 0.263. The van der Waals surface area contributed by atoms with Gasteiger partial charge in [0.25, 0.3) is 0 Å². The molecule has 0 saturated heterocycles. The van der Waals surface area contributed by atoms with Gasteiger partial charge in [0.2, 0.25) is 0 Å². The number of ether oxygens (including phenoxy) is 3. The van der Waals surface area contributed by atoms with Crippen LogP contribution >= 0.6 is 0 Å². The Balaban J connectivity index is 1.80. The van der Waals surface area contributed by atoms with Crippen molar-refractivity contribution >= 4 is 17.5 Å². The third kappa shape index (κ3) is 5.70. The second-order valence-electron chi connectivity index (χ2n) is 5.41. The van der Waals surface area contributed by atoms with E-state index in [1.807, 2.05) is 0 Å². The number of ketones is 1. The van der Waals surface area contributed by atoms with Crippen molar-refractivity contribution in [2.75, 3.05) is 32.7 Å². The zero-order valence-corrected chi connectivity index (χ0v) is 15.0. The zero-order chi connectivity index (χ0) is 18.9. The Hall–Kier alpha value is -3.22. The molecule has 0 aliphatic heterocycles. The van der Waals surface area contributed by atoms with Crippen LogP contribution in [-0.2, 0) is 0 Å². The molecule has 0 saturated carbocycles. The van der Waals surface area contributed by atoms with E-state index in [9.17, 15) is 9.59 Å². The molecule has 2 aromatic carbocycles. The van der Waals surface area contributed by atoms with Gasteiger partial charge in [-0.25, -0.2) is 4.79 Å². The van der Waals surface area contributed by atoms with Crippen LogP contribution in [0.2, 0.25) is 0 Å². The van der Waals surface area contributed by atoms with E-state index >= 15 is 0 Å². The Bertz CT molecular complexity index is 754. The highest BCUT2D eigenvalue weighted by molar-refractivity contribution is 5.96. The number of benzene rings is 2. The third-order valence-electron chi connectivity index (χ3n) is 3.51. The Morgan fingerprint density at radius 3 is 2.23 bits per heavy atom. The summed E-state index contributed by atoms with van der Waals surface area (Å²) < 4.78 is 15.9. The quantitative estimate of drug-likeness (QED) is 0.559. The number of nitrogens with one attached hydrogen (secondary N) is 2. The molecule has 26 heavy (non-hydrogen) atoms. The lowest BCUT2D eigenvalue weighted by Gasteiger charge is -2.11. The van der Waals surface area contributed by atoms with E-state index in [-0.39, 0.29) is 18.4 Å². The van der Waals surface area contributed by atoms with Crippen LogP contribution < -0.4 is 24.8 Å². The Kier molecular flexibility index (Phi) is 6.84. The van der Waals surface area contributed by atoms with Crippen LogP contribution in [0.5, 0.6) is 17.2 Å². The topological polar surface area (TPSA) is 85.9 Å². The Morgan fingerprint density at radius 1 is 0.962 bits per heavy atom. The molecule has 2 rings (SSSR count). The van der Waals surface area contributed by atoms with Crippen LogP contribution in [0.25, 0.3) is 0 Å². The van der Waals surface area contributed by atoms with Gasteiger partial charge < -0.3 is 24.8 Å². The molecule has 0 atom stereocenters. The Labute approximate surface area is 152 Å². The van der Waals surface area contributed by atoms with E-state index in [0.29, 0.717) is 35.0 Å². The summed E-state index contributed by atoms with van der Waals surface area (Å²) in [5.74, 6) is 1.76. The molecule has 2 amide bonds. The van der Waals surface area contributed by atoms with Crippen molar-refractivity contribution in [1.82, 2.24) is 5.32 Å². The lowest BCUT2D eigenvalue weighted by Crippen LogP contribution is -2.32. The number of anilines is 1. The number of hydrogen-bond acceptors (Lipinski definition) is 5. The van der Waals surface area contributed by atoms with E-state index < -0.39 is 0 Å². The minimum Gasteiger partial charge on any atom is -0.496 e. The molecule has 0 heterocycles. The zero-order valence-electron chi connectivity index (χ0n) is 15.0. The number of urea groups is 1. The van der Waals surface area contributed by atoms with Gasteiger partial charge in [0, 0.05) is 29.4 Å². The van der Waals surface area contributed by atoms with Crippen LogP contribution in [0.3, 0.4) is 0 Å². The maximum atomic E-state index is 11.9. The van der Waals surface area contributed by atoms with Gasteiger partial charge >= 0.3 is 6.03 Å². The first-order valence-electron chi connectivity index (χ1n) is 8.03. The smallest absolute Gasteiger partial charge is 0.319 e. The average molecular weight is 358 g/mol. The van der Waals surface area contributed by atoms with Gasteiger partial charge in [0.1, 0.15) is 23.9 Å². The first-order valence-corrected chi connectivity index (χ1v) is 8.03. The third-order valence-corrected chi connectivity index (χ3v) is 3.51. The number of amides is 2. The monoisotopic (exact) mass is 358 g/mol. The van der Waals surface area contributed by atoms with Crippen LogP contribution in [0.4, 0.5) is 10.5 Å². The van der Waals surface area contributed by atoms with Crippen LogP contribution in [0, 0.1) is 0 Å². The van der Waals surface area contributed by atoms with Gasteiger partial charge in [-0.15, -0.1) is 0 Å². The summed E-state index contributed by atoms with van der Waals surface area (Å²) in [6.07, 6.45) is 0. The van der Waals surface area contributed by atoms with Crippen molar-refractivity contribution in [2.45, 2.75) is 6.92 Å². The molecule has 0 unspecified atom stereocenters. The molecule has 0 bridgehead atoms. The van der Waals surface area contributed by atoms with E-state index in [2.05, 4.69) is 10.6 Å². The normalized spacial score (nSPS) is 9.96. The van der Waals surface area contributed by atoms with Crippen molar-refractivity contribution in [2.24, 2.45) is 0 Å². The standard InChI is InChI=1S/C19H22N2O5/c1-13(22)14-5-4-6-15(9-14)21-19(23)20-7-8-26-18-11-16(24-2)10-17(12-18)25-3/h4-6,9-12H,7-8H2,1-3H3,(H2,20,21,23). The number of hydrogen-bond donors (Lipinski definition) is 2. The second kappa shape index (κ2) is 9.31. The fourth-order valence-corrected chi connectivity index (χ4v) is 2.19. The number of rotatable bonds is 8. The van der Waals surface area contributed by atoms with Gasteiger partial charge in [-0.1, -0.05) is 12.1 Å². The minimum atomic E-state index is -0.377. The summed E-state index contributed by atoms with van der Waals surface area (Å²) in [6, 6.07) is 11.6. The summed E-state index contributed by atoms with van der Waals surface area (Å²) in [5.41, 5.74) is 1.09. The van der Waals surface area contributed by atoms with E-state index in [1.54, 1.807) is 56.7 Å². The lowest BCUT2D eigenvalue weighted by atomic mass is 10.1. The number of methoxy groups -OCH3 is 2. The number of carbonyl (C=O) groups is 2. The van der Waals surface area contributed by atoms with Gasteiger partial charge in [-0.2, -0.15) is 0 Å². The predicted octanol–water partition coefficient (Wildman–Crippen LogP) is 3.11. The highest BCUT2D eigenvalue weighted by Crippen LogP contribution is 2.27. The molecular weight excluding hydrogens is 336 g/mol. The largest absolute Gasteiger partial charge is 0.496 e. The molecule has 0 aliphatic carbocycles. The summed E-state index contributed by atoms with van der Waals surface area (Å²) in [7, 11) is 3.12. The number of Topliss-reactive ketones (excluding diaryl/α,β-unsaturated/α-hetero) is 1. The molecule has 0 spiro atoms. The summed E-state index contributed by atoms with van der Waals surface area (Å²) in [6.45, 7) is 2.05. The average Bonchev–Trinajstić information content (AvgIpc) is 2.65. The SMILES string of the molecule is COc1cc(OC)cc(OCCNC(=O)Nc2cccc(C(C)=O)c2)c1. The molecule has 138 valence electrons. The molecule has 2 N–H and O–H groups in total. The second-order valence-corrected chi connectivity index (χ2v) is 5.41. The molecule has 2 aromatic rings. The van der Waals surface area contributed by atoms with E-state index in [0.717, 1.165) is 0 Å². The van der Waals surface area contributed by atoms with E-state index in [1.165, 1.54) is 6.92 Å². The fourth-order valence-electron chi connectivity index (χ4n) is 2.19. The lowest BCUT2D eigenvalue weighted by molar-refractivity contribution is 0.101. The van der Waals surface area contributed by atoms with Crippen molar-refractivity contribution in [3.63, 3.8) is 0 Å². The minimum absolute atomic E-state index is 0.0591. The van der Waals surface area contributed by atoms with Crippen molar-refractivity contribution < 1.29 is 23.8 Å². The van der Waals surface area contributed by atoms with E-state index in [4.69, 9.17) is 14.2 Å². The molecule has 7 heteroatoms. The van der Waals surface area contributed by atoms with Gasteiger partial charge in [-0.05, 0) is 19.1 Å². The molecule has 0 aliphatic rings. The van der Waals surface area contributed by atoms with Crippen LogP contribution in [0.1, 0.15) is 17.3 Å². The van der Waals surface area contributed by atoms with Crippen molar-refractivity contribution in [3.8, 4) is 17.2 Å². The van der Waals surface area contributed by atoms with Crippen LogP contribution in [-0.4, -0.2) is 39.2 Å². The molecule has 0 radical (unpaired) electrons. The first kappa shape index (κ1) is 19.1. The first-order chi connectivity index (χ1) is 12.5.